The molecule has 1 aromatic heterocycles. The molecule has 0 aliphatic carbocycles. The molecule has 14 heavy (non-hydrogen) atoms. The normalized spacial score (nSPS) is 24.1. The van der Waals surface area contributed by atoms with E-state index in [2.05, 4.69) is 22.4 Å². The van der Waals surface area contributed by atoms with Crippen LogP contribution >= 0.6 is 0 Å². The van der Waals surface area contributed by atoms with Gasteiger partial charge in [-0.1, -0.05) is 5.16 Å². The number of aryl methyl sites for hydroxylation is 2. The van der Waals surface area contributed by atoms with Crippen LogP contribution < -0.4 is 5.32 Å². The number of hydrogen-bond acceptors (Lipinski definition) is 4. The average molecular weight is 195 g/mol. The third-order valence-electron chi connectivity index (χ3n) is 2.93. The quantitative estimate of drug-likeness (QED) is 0.722. The van der Waals surface area contributed by atoms with Crippen molar-refractivity contribution >= 4 is 0 Å². The monoisotopic (exact) mass is 195 g/mol. The minimum Gasteiger partial charge on any atom is -0.361 e. The Bertz CT molecular complexity index is 302. The maximum atomic E-state index is 5.19. The zero-order chi connectivity index (χ0) is 10.1. The molecule has 0 spiro atoms. The predicted molar refractivity (Wildman–Crippen MR) is 54.2 cm³/mol. The van der Waals surface area contributed by atoms with Crippen molar-refractivity contribution in [2.24, 2.45) is 0 Å². The van der Waals surface area contributed by atoms with Crippen LogP contribution in [-0.4, -0.2) is 36.7 Å². The SMILES string of the molecule is Cc1noc(C)c1C1CNCCN1C. The lowest BCUT2D eigenvalue weighted by Gasteiger charge is -2.32. The third-order valence-corrected chi connectivity index (χ3v) is 2.93. The molecule has 4 heteroatoms. The molecular weight excluding hydrogens is 178 g/mol. The second-order valence-corrected chi connectivity index (χ2v) is 3.94. The summed E-state index contributed by atoms with van der Waals surface area (Å²) in [5.74, 6) is 0.947. The average Bonchev–Trinajstić information content (AvgIpc) is 2.48. The van der Waals surface area contributed by atoms with Crippen LogP contribution in [-0.2, 0) is 0 Å². The van der Waals surface area contributed by atoms with Crippen molar-refractivity contribution < 1.29 is 4.52 Å². The summed E-state index contributed by atoms with van der Waals surface area (Å²) in [5.41, 5.74) is 2.27. The lowest BCUT2D eigenvalue weighted by Crippen LogP contribution is -2.44. The summed E-state index contributed by atoms with van der Waals surface area (Å²) < 4.78 is 5.19. The van der Waals surface area contributed by atoms with Gasteiger partial charge >= 0.3 is 0 Å². The number of nitrogens with zero attached hydrogens (tertiary/aromatic N) is 2. The fraction of sp³-hybridized carbons (Fsp3) is 0.700. The van der Waals surface area contributed by atoms with Crippen LogP contribution in [0.15, 0.2) is 4.52 Å². The third kappa shape index (κ3) is 1.55. The molecule has 1 fully saturated rings. The first-order valence-electron chi connectivity index (χ1n) is 5.04. The van der Waals surface area contributed by atoms with E-state index < -0.39 is 0 Å². The highest BCUT2D eigenvalue weighted by Crippen LogP contribution is 2.26. The van der Waals surface area contributed by atoms with E-state index >= 15 is 0 Å². The summed E-state index contributed by atoms with van der Waals surface area (Å²) in [6, 6.07) is 0.412. The first kappa shape index (κ1) is 9.68. The Kier molecular flexibility index (Phi) is 2.56. The highest BCUT2D eigenvalue weighted by molar-refractivity contribution is 5.25. The molecule has 1 saturated heterocycles. The van der Waals surface area contributed by atoms with Crippen LogP contribution in [0.1, 0.15) is 23.1 Å². The van der Waals surface area contributed by atoms with E-state index in [1.54, 1.807) is 0 Å². The number of piperazine rings is 1. The van der Waals surface area contributed by atoms with E-state index in [-0.39, 0.29) is 0 Å². The van der Waals surface area contributed by atoms with Crippen molar-refractivity contribution in [1.82, 2.24) is 15.4 Å². The van der Waals surface area contributed by atoms with Crippen LogP contribution in [0.2, 0.25) is 0 Å². The Balaban J connectivity index is 2.28. The molecule has 78 valence electrons. The first-order valence-corrected chi connectivity index (χ1v) is 5.04. The summed E-state index contributed by atoms with van der Waals surface area (Å²) in [4.78, 5) is 2.35. The standard InChI is InChI=1S/C10H17N3O/c1-7-10(8(2)14-12-7)9-6-11-4-5-13(9)3/h9,11H,4-6H2,1-3H3. The molecule has 0 aromatic carbocycles. The largest absolute Gasteiger partial charge is 0.361 e. The highest BCUT2D eigenvalue weighted by Gasteiger charge is 2.25. The second-order valence-electron chi connectivity index (χ2n) is 3.94. The molecule has 1 unspecified atom stereocenters. The summed E-state index contributed by atoms with van der Waals surface area (Å²) in [5, 5.41) is 7.39. The van der Waals surface area contributed by atoms with E-state index in [0.717, 1.165) is 31.1 Å². The summed E-state index contributed by atoms with van der Waals surface area (Å²) >= 11 is 0. The lowest BCUT2D eigenvalue weighted by atomic mass is 10.0. The Labute approximate surface area is 84.3 Å². The maximum absolute atomic E-state index is 5.19. The van der Waals surface area contributed by atoms with Crippen LogP contribution in [0.25, 0.3) is 0 Å². The van der Waals surface area contributed by atoms with Gasteiger partial charge in [0, 0.05) is 25.2 Å². The van der Waals surface area contributed by atoms with Crippen molar-refractivity contribution in [1.29, 1.82) is 0 Å². The highest BCUT2D eigenvalue weighted by atomic mass is 16.5. The van der Waals surface area contributed by atoms with Gasteiger partial charge in [-0.3, -0.25) is 4.90 Å². The minimum absolute atomic E-state index is 0.412. The predicted octanol–water partition coefficient (Wildman–Crippen LogP) is 0.868. The van der Waals surface area contributed by atoms with E-state index in [1.807, 2.05) is 13.8 Å². The van der Waals surface area contributed by atoms with Gasteiger partial charge in [0.25, 0.3) is 0 Å². The van der Waals surface area contributed by atoms with E-state index in [4.69, 9.17) is 4.52 Å². The van der Waals surface area contributed by atoms with Gasteiger partial charge in [-0.05, 0) is 20.9 Å². The van der Waals surface area contributed by atoms with Crippen molar-refractivity contribution in [3.63, 3.8) is 0 Å². The van der Waals surface area contributed by atoms with Crippen LogP contribution in [0.5, 0.6) is 0 Å². The van der Waals surface area contributed by atoms with Crippen molar-refractivity contribution in [2.45, 2.75) is 19.9 Å². The zero-order valence-electron chi connectivity index (χ0n) is 9.00. The van der Waals surface area contributed by atoms with Gasteiger partial charge < -0.3 is 9.84 Å². The molecule has 4 nitrogen and oxygen atoms in total. The van der Waals surface area contributed by atoms with Gasteiger partial charge in [0.1, 0.15) is 5.76 Å². The minimum atomic E-state index is 0.412. The molecule has 1 aromatic rings. The fourth-order valence-corrected chi connectivity index (χ4v) is 2.09. The van der Waals surface area contributed by atoms with Gasteiger partial charge in [-0.25, -0.2) is 0 Å². The molecule has 1 aliphatic rings. The number of aromatic nitrogens is 1. The molecule has 0 amide bonds. The Morgan fingerprint density at radius 2 is 2.29 bits per heavy atom. The molecule has 2 heterocycles. The Hall–Kier alpha value is -0.870. The molecule has 0 bridgehead atoms. The van der Waals surface area contributed by atoms with E-state index in [1.165, 1.54) is 5.56 Å². The van der Waals surface area contributed by atoms with Crippen LogP contribution in [0.4, 0.5) is 0 Å². The van der Waals surface area contributed by atoms with E-state index in [0.29, 0.717) is 6.04 Å². The number of nitrogens with one attached hydrogen (secondary N) is 1. The van der Waals surface area contributed by atoms with Gasteiger partial charge in [0.2, 0.25) is 0 Å². The number of hydrogen-bond donors (Lipinski definition) is 1. The van der Waals surface area contributed by atoms with Crippen molar-refractivity contribution in [3.05, 3.63) is 17.0 Å². The Morgan fingerprint density at radius 1 is 1.50 bits per heavy atom. The van der Waals surface area contributed by atoms with Gasteiger partial charge in [0.15, 0.2) is 0 Å². The summed E-state index contributed by atoms with van der Waals surface area (Å²) in [7, 11) is 2.15. The first-order chi connectivity index (χ1) is 6.70. The molecule has 2 rings (SSSR count). The number of likely N-dealkylation sites (N-methyl/N-ethyl adjacent to an activating group) is 1. The van der Waals surface area contributed by atoms with Crippen LogP contribution in [0, 0.1) is 13.8 Å². The fourth-order valence-electron chi connectivity index (χ4n) is 2.09. The Morgan fingerprint density at radius 3 is 2.86 bits per heavy atom. The van der Waals surface area contributed by atoms with Crippen molar-refractivity contribution in [3.8, 4) is 0 Å². The molecule has 1 N–H and O–H groups in total. The van der Waals surface area contributed by atoms with Gasteiger partial charge in [-0.2, -0.15) is 0 Å². The smallest absolute Gasteiger partial charge is 0.138 e. The van der Waals surface area contributed by atoms with E-state index in [9.17, 15) is 0 Å². The molecular formula is C10H17N3O. The summed E-state index contributed by atoms with van der Waals surface area (Å²) in [6.45, 7) is 7.12. The molecule has 0 radical (unpaired) electrons. The maximum Gasteiger partial charge on any atom is 0.138 e. The van der Waals surface area contributed by atoms with Gasteiger partial charge in [-0.15, -0.1) is 0 Å². The van der Waals surface area contributed by atoms with Crippen molar-refractivity contribution in [2.75, 3.05) is 26.7 Å². The molecule has 0 saturated carbocycles. The van der Waals surface area contributed by atoms with Gasteiger partial charge in [0.05, 0.1) is 11.7 Å². The van der Waals surface area contributed by atoms with Crippen LogP contribution in [0.3, 0.4) is 0 Å². The molecule has 1 aliphatic heterocycles. The second kappa shape index (κ2) is 3.71. The zero-order valence-corrected chi connectivity index (χ0v) is 9.00. The molecule has 1 atom stereocenters. The lowest BCUT2D eigenvalue weighted by molar-refractivity contribution is 0.200. The topological polar surface area (TPSA) is 41.3 Å². The number of rotatable bonds is 1. The summed E-state index contributed by atoms with van der Waals surface area (Å²) in [6.07, 6.45) is 0.